The van der Waals surface area contributed by atoms with Gasteiger partial charge in [-0.1, -0.05) is 0 Å². The summed E-state index contributed by atoms with van der Waals surface area (Å²) in [5, 5.41) is 10.4. The fourth-order valence-electron chi connectivity index (χ4n) is 2.18. The number of ether oxygens (including phenoxy) is 1. The summed E-state index contributed by atoms with van der Waals surface area (Å²) in [6.45, 7) is 2.34. The lowest BCUT2D eigenvalue weighted by Gasteiger charge is -2.06. The Balaban J connectivity index is 1.55. The largest absolute Gasteiger partial charge is 0.486 e. The summed E-state index contributed by atoms with van der Waals surface area (Å²) in [6, 6.07) is 6.87. The summed E-state index contributed by atoms with van der Waals surface area (Å²) in [5.41, 5.74) is 2.10. The van der Waals surface area contributed by atoms with Gasteiger partial charge in [-0.3, -0.25) is 14.9 Å². The zero-order valence-corrected chi connectivity index (χ0v) is 16.4. The molecular weight excluding hydrogens is 384 g/mol. The minimum atomic E-state index is -0.266. The molecule has 2 amide bonds. The molecule has 0 saturated heterocycles. The third kappa shape index (κ3) is 5.35. The van der Waals surface area contributed by atoms with Crippen LogP contribution in [0.4, 0.5) is 5.13 Å². The van der Waals surface area contributed by atoms with Gasteiger partial charge in [0.2, 0.25) is 5.91 Å². The first-order chi connectivity index (χ1) is 13.0. The Morgan fingerprint density at radius 1 is 1.11 bits per heavy atom. The maximum atomic E-state index is 12.3. The molecule has 9 heteroatoms. The molecule has 3 aromatic rings. The Bertz CT molecular complexity index is 934. The highest BCUT2D eigenvalue weighted by Crippen LogP contribution is 2.19. The van der Waals surface area contributed by atoms with Crippen molar-refractivity contribution >= 4 is 39.6 Å². The van der Waals surface area contributed by atoms with Crippen molar-refractivity contribution in [1.82, 2.24) is 15.3 Å². The SMILES string of the molecule is CNC(=O)Cc1csc(NC(=O)c2ccc(OCc3nc(C)cs3)cc2)n1. The second-order valence-corrected chi connectivity index (χ2v) is 7.44. The number of nitrogens with zero attached hydrogens (tertiary/aromatic N) is 2. The monoisotopic (exact) mass is 402 g/mol. The van der Waals surface area contributed by atoms with E-state index < -0.39 is 0 Å². The maximum absolute atomic E-state index is 12.3. The van der Waals surface area contributed by atoms with E-state index in [1.165, 1.54) is 11.3 Å². The number of aryl methyl sites for hydroxylation is 1. The van der Waals surface area contributed by atoms with Crippen LogP contribution >= 0.6 is 22.7 Å². The number of likely N-dealkylation sites (N-methyl/N-ethyl adjacent to an activating group) is 1. The molecule has 0 aliphatic carbocycles. The van der Waals surface area contributed by atoms with E-state index in [4.69, 9.17) is 4.74 Å². The molecule has 3 rings (SSSR count). The highest BCUT2D eigenvalue weighted by molar-refractivity contribution is 7.14. The first-order valence-corrected chi connectivity index (χ1v) is 9.89. The molecule has 27 heavy (non-hydrogen) atoms. The summed E-state index contributed by atoms with van der Waals surface area (Å²) in [5.74, 6) is 0.279. The first-order valence-electron chi connectivity index (χ1n) is 8.13. The fraction of sp³-hybridized carbons (Fsp3) is 0.222. The molecule has 0 fully saturated rings. The van der Waals surface area contributed by atoms with Gasteiger partial charge in [-0.05, 0) is 31.2 Å². The van der Waals surface area contributed by atoms with Crippen LogP contribution in [0.2, 0.25) is 0 Å². The number of thiazole rings is 2. The second-order valence-electron chi connectivity index (χ2n) is 5.64. The van der Waals surface area contributed by atoms with Crippen LogP contribution in [0.5, 0.6) is 5.75 Å². The third-order valence-corrected chi connectivity index (χ3v) is 5.28. The Kier molecular flexibility index (Phi) is 6.15. The van der Waals surface area contributed by atoms with Crippen LogP contribution in [0.1, 0.15) is 26.8 Å². The van der Waals surface area contributed by atoms with Gasteiger partial charge in [-0.25, -0.2) is 9.97 Å². The Morgan fingerprint density at radius 3 is 2.56 bits per heavy atom. The fourth-order valence-corrected chi connectivity index (χ4v) is 3.57. The number of carbonyl (C=O) groups excluding carboxylic acids is 2. The van der Waals surface area contributed by atoms with Gasteiger partial charge in [0.15, 0.2) is 5.13 Å². The van der Waals surface area contributed by atoms with Gasteiger partial charge < -0.3 is 10.1 Å². The van der Waals surface area contributed by atoms with Crippen LogP contribution in [0.25, 0.3) is 0 Å². The van der Waals surface area contributed by atoms with Crippen LogP contribution in [0.15, 0.2) is 35.0 Å². The lowest BCUT2D eigenvalue weighted by atomic mass is 10.2. The number of aromatic nitrogens is 2. The van der Waals surface area contributed by atoms with Gasteiger partial charge >= 0.3 is 0 Å². The second kappa shape index (κ2) is 8.74. The standard InChI is InChI=1S/C18H18N4O3S2/c1-11-9-26-16(20-11)8-25-14-5-3-12(4-6-14)17(24)22-18-21-13(10-27-18)7-15(23)19-2/h3-6,9-10H,7-8H2,1-2H3,(H,19,23)(H,21,22,24). The number of anilines is 1. The molecule has 0 spiro atoms. The van der Waals surface area contributed by atoms with E-state index in [-0.39, 0.29) is 18.2 Å². The highest BCUT2D eigenvalue weighted by Gasteiger charge is 2.11. The first kappa shape index (κ1) is 19.0. The summed E-state index contributed by atoms with van der Waals surface area (Å²) in [4.78, 5) is 32.3. The van der Waals surface area contributed by atoms with Gasteiger partial charge in [0, 0.05) is 29.1 Å². The zero-order chi connectivity index (χ0) is 19.2. The molecule has 0 unspecified atom stereocenters. The van der Waals surface area contributed by atoms with Crippen molar-refractivity contribution in [2.24, 2.45) is 0 Å². The molecule has 0 bridgehead atoms. The number of benzene rings is 1. The minimum absolute atomic E-state index is 0.123. The average Bonchev–Trinajstić information content (AvgIpc) is 3.29. The van der Waals surface area contributed by atoms with Crippen molar-refractivity contribution in [3.05, 3.63) is 57.0 Å². The lowest BCUT2D eigenvalue weighted by Crippen LogP contribution is -2.20. The summed E-state index contributed by atoms with van der Waals surface area (Å²) >= 11 is 2.84. The van der Waals surface area contributed by atoms with E-state index in [9.17, 15) is 9.59 Å². The predicted octanol–water partition coefficient (Wildman–Crippen LogP) is 3.03. The Hall–Kier alpha value is -2.78. The highest BCUT2D eigenvalue weighted by atomic mass is 32.1. The van der Waals surface area contributed by atoms with Gasteiger partial charge in [0.25, 0.3) is 5.91 Å². The van der Waals surface area contributed by atoms with Crippen molar-refractivity contribution in [2.45, 2.75) is 20.0 Å². The third-order valence-electron chi connectivity index (χ3n) is 3.54. The molecule has 2 N–H and O–H groups in total. The zero-order valence-electron chi connectivity index (χ0n) is 14.8. The topological polar surface area (TPSA) is 93.2 Å². The van der Waals surface area contributed by atoms with Gasteiger partial charge in [0.1, 0.15) is 17.4 Å². The van der Waals surface area contributed by atoms with Crippen LogP contribution in [-0.2, 0) is 17.8 Å². The summed E-state index contributed by atoms with van der Waals surface area (Å²) in [6.07, 6.45) is 0.188. The average molecular weight is 403 g/mol. The van der Waals surface area contributed by atoms with Crippen LogP contribution in [0, 0.1) is 6.92 Å². The maximum Gasteiger partial charge on any atom is 0.257 e. The molecule has 2 heterocycles. The van der Waals surface area contributed by atoms with Gasteiger partial charge in [0.05, 0.1) is 12.1 Å². The van der Waals surface area contributed by atoms with E-state index in [1.54, 1.807) is 48.0 Å². The number of carbonyl (C=O) groups is 2. The van der Waals surface area contributed by atoms with E-state index in [2.05, 4.69) is 20.6 Å². The van der Waals surface area contributed by atoms with Crippen molar-refractivity contribution in [1.29, 1.82) is 0 Å². The predicted molar refractivity (Wildman–Crippen MR) is 105 cm³/mol. The number of hydrogen-bond acceptors (Lipinski definition) is 7. The number of rotatable bonds is 7. The molecule has 2 aromatic heterocycles. The Morgan fingerprint density at radius 2 is 1.89 bits per heavy atom. The van der Waals surface area contributed by atoms with Crippen LogP contribution in [0.3, 0.4) is 0 Å². The normalized spacial score (nSPS) is 10.4. The van der Waals surface area contributed by atoms with Gasteiger partial charge in [-0.2, -0.15) is 0 Å². The van der Waals surface area contributed by atoms with Crippen LogP contribution < -0.4 is 15.4 Å². The number of amides is 2. The quantitative estimate of drug-likeness (QED) is 0.634. The molecule has 0 aliphatic heterocycles. The van der Waals surface area contributed by atoms with E-state index in [0.717, 1.165) is 10.7 Å². The number of nitrogens with one attached hydrogen (secondary N) is 2. The molecule has 1 aromatic carbocycles. The van der Waals surface area contributed by atoms with Gasteiger partial charge in [-0.15, -0.1) is 22.7 Å². The van der Waals surface area contributed by atoms with Crippen molar-refractivity contribution in [2.75, 3.05) is 12.4 Å². The summed E-state index contributed by atoms with van der Waals surface area (Å²) in [7, 11) is 1.57. The van der Waals surface area contributed by atoms with E-state index in [0.29, 0.717) is 28.7 Å². The molecular formula is C18H18N4O3S2. The van der Waals surface area contributed by atoms with Crippen LogP contribution in [-0.4, -0.2) is 28.8 Å². The molecule has 7 nitrogen and oxygen atoms in total. The van der Waals surface area contributed by atoms with E-state index >= 15 is 0 Å². The lowest BCUT2D eigenvalue weighted by molar-refractivity contribution is -0.120. The Labute approximate surface area is 164 Å². The molecule has 140 valence electrons. The summed E-state index contributed by atoms with van der Waals surface area (Å²) < 4.78 is 5.68. The molecule has 0 aliphatic rings. The van der Waals surface area contributed by atoms with Crippen molar-refractivity contribution in [3.8, 4) is 5.75 Å². The van der Waals surface area contributed by atoms with E-state index in [1.807, 2.05) is 12.3 Å². The number of hydrogen-bond donors (Lipinski definition) is 2. The van der Waals surface area contributed by atoms with Crippen molar-refractivity contribution < 1.29 is 14.3 Å². The minimum Gasteiger partial charge on any atom is -0.486 e. The van der Waals surface area contributed by atoms with Crippen molar-refractivity contribution in [3.63, 3.8) is 0 Å². The smallest absolute Gasteiger partial charge is 0.257 e. The molecule has 0 radical (unpaired) electrons. The molecule has 0 atom stereocenters. The molecule has 0 saturated carbocycles.